The van der Waals surface area contributed by atoms with E-state index in [2.05, 4.69) is 0 Å². The summed E-state index contributed by atoms with van der Waals surface area (Å²) in [5, 5.41) is 9.93. The number of hydrogen-bond donors (Lipinski definition) is 1. The van der Waals surface area contributed by atoms with E-state index in [4.69, 9.17) is 9.47 Å². The van der Waals surface area contributed by atoms with Crippen molar-refractivity contribution < 1.29 is 29.0 Å². The molecule has 0 saturated carbocycles. The summed E-state index contributed by atoms with van der Waals surface area (Å²) in [6, 6.07) is 1.23. The van der Waals surface area contributed by atoms with Crippen LogP contribution in [0.1, 0.15) is 27.1 Å². The van der Waals surface area contributed by atoms with Crippen LogP contribution < -0.4 is 9.47 Å². The Balaban J connectivity index is 2.79. The Labute approximate surface area is 102 Å². The molecule has 0 aromatic heterocycles. The Morgan fingerprint density at radius 3 is 2.33 bits per heavy atom. The number of benzene rings is 1. The number of phenolic OH excluding ortho intramolecular Hbond substituents is 1. The van der Waals surface area contributed by atoms with Gasteiger partial charge in [-0.2, -0.15) is 0 Å². The van der Waals surface area contributed by atoms with Crippen LogP contribution in [0.15, 0.2) is 6.07 Å². The molecule has 0 fully saturated rings. The summed E-state index contributed by atoms with van der Waals surface area (Å²) in [7, 11) is 2.62. The number of carbonyl (C=O) groups is 3. The van der Waals surface area contributed by atoms with E-state index in [1.165, 1.54) is 20.3 Å². The number of ketones is 3. The molecule has 2 rings (SSSR count). The molecule has 1 aliphatic rings. The van der Waals surface area contributed by atoms with Gasteiger partial charge in [0.25, 0.3) is 0 Å². The fourth-order valence-electron chi connectivity index (χ4n) is 1.90. The molecule has 0 aliphatic heterocycles. The molecule has 0 saturated heterocycles. The average Bonchev–Trinajstić information content (AvgIpc) is 2.34. The zero-order valence-corrected chi connectivity index (χ0v) is 9.77. The first kappa shape index (κ1) is 12.1. The second-order valence-corrected chi connectivity index (χ2v) is 3.74. The molecule has 0 atom stereocenters. The molecule has 0 bridgehead atoms. The Kier molecular flexibility index (Phi) is 2.78. The summed E-state index contributed by atoms with van der Waals surface area (Å²) in [6.07, 6.45) is -0.533. The van der Waals surface area contributed by atoms with Crippen molar-refractivity contribution in [3.05, 3.63) is 17.2 Å². The molecular weight excluding hydrogens is 240 g/mol. The average molecular weight is 250 g/mol. The van der Waals surface area contributed by atoms with Crippen molar-refractivity contribution in [2.24, 2.45) is 0 Å². The van der Waals surface area contributed by atoms with E-state index in [9.17, 15) is 19.5 Å². The number of Topliss-reactive ketones (excluding diaryl/α,β-unsaturated/α-hetero) is 3. The van der Waals surface area contributed by atoms with Crippen LogP contribution in [-0.4, -0.2) is 36.7 Å². The molecule has 0 spiro atoms. The molecule has 1 N–H and O–H groups in total. The molecule has 1 aromatic carbocycles. The van der Waals surface area contributed by atoms with Crippen LogP contribution in [0, 0.1) is 0 Å². The van der Waals surface area contributed by atoms with Gasteiger partial charge in [-0.25, -0.2) is 0 Å². The number of ether oxygens (including phenoxy) is 2. The van der Waals surface area contributed by atoms with Crippen molar-refractivity contribution in [1.29, 1.82) is 0 Å². The molecular formula is C12H10O6. The van der Waals surface area contributed by atoms with Crippen molar-refractivity contribution in [2.75, 3.05) is 14.2 Å². The van der Waals surface area contributed by atoms with Gasteiger partial charge in [-0.15, -0.1) is 0 Å². The van der Waals surface area contributed by atoms with Crippen LogP contribution in [0.2, 0.25) is 0 Å². The third kappa shape index (κ3) is 1.54. The highest BCUT2D eigenvalue weighted by Gasteiger charge is 2.35. The number of carbonyl (C=O) groups excluding carboxylic acids is 3. The minimum Gasteiger partial charge on any atom is -0.504 e. The highest BCUT2D eigenvalue weighted by molar-refractivity contribution is 6.51. The van der Waals surface area contributed by atoms with Crippen molar-refractivity contribution in [3.63, 3.8) is 0 Å². The van der Waals surface area contributed by atoms with Crippen LogP contribution in [0.3, 0.4) is 0 Å². The molecule has 0 heterocycles. The minimum atomic E-state index is -0.805. The molecule has 0 unspecified atom stereocenters. The van der Waals surface area contributed by atoms with E-state index in [0.717, 1.165) is 0 Å². The third-order valence-corrected chi connectivity index (χ3v) is 2.74. The Hall–Kier alpha value is -2.37. The van der Waals surface area contributed by atoms with Gasteiger partial charge in [-0.1, -0.05) is 0 Å². The quantitative estimate of drug-likeness (QED) is 0.615. The summed E-state index contributed by atoms with van der Waals surface area (Å²) in [6.45, 7) is 0. The van der Waals surface area contributed by atoms with Crippen molar-refractivity contribution in [2.45, 2.75) is 6.42 Å². The largest absolute Gasteiger partial charge is 0.504 e. The summed E-state index contributed by atoms with van der Waals surface area (Å²) in [5.74, 6) is -2.62. The zero-order valence-electron chi connectivity index (χ0n) is 9.77. The number of rotatable bonds is 2. The van der Waals surface area contributed by atoms with Crippen LogP contribution in [-0.2, 0) is 4.79 Å². The third-order valence-electron chi connectivity index (χ3n) is 2.74. The first-order valence-electron chi connectivity index (χ1n) is 5.10. The van der Waals surface area contributed by atoms with Crippen molar-refractivity contribution in [3.8, 4) is 17.2 Å². The van der Waals surface area contributed by atoms with E-state index >= 15 is 0 Å². The first-order chi connectivity index (χ1) is 8.51. The lowest BCUT2D eigenvalue weighted by Gasteiger charge is -2.18. The lowest BCUT2D eigenvalue weighted by Crippen LogP contribution is -2.27. The van der Waals surface area contributed by atoms with E-state index in [-0.39, 0.29) is 22.6 Å². The van der Waals surface area contributed by atoms with Gasteiger partial charge in [-0.3, -0.25) is 14.4 Å². The summed E-state index contributed by atoms with van der Waals surface area (Å²) in [5.41, 5.74) is -0.330. The lowest BCUT2D eigenvalue weighted by molar-refractivity contribution is -0.114. The van der Waals surface area contributed by atoms with E-state index in [0.29, 0.717) is 0 Å². The highest BCUT2D eigenvalue weighted by atomic mass is 16.5. The molecule has 1 aliphatic carbocycles. The van der Waals surface area contributed by atoms with Gasteiger partial charge in [0, 0.05) is 5.56 Å². The Morgan fingerprint density at radius 1 is 1.11 bits per heavy atom. The zero-order chi connectivity index (χ0) is 13.4. The SMILES string of the molecule is COc1cc2c(c(O)c1OC)C(=O)CC(=O)C2=O. The normalized spacial score (nSPS) is 14.4. The maximum absolute atomic E-state index is 11.7. The van der Waals surface area contributed by atoms with E-state index in [1.807, 2.05) is 0 Å². The van der Waals surface area contributed by atoms with Crippen LogP contribution in [0.4, 0.5) is 0 Å². The van der Waals surface area contributed by atoms with Crippen molar-refractivity contribution in [1.82, 2.24) is 0 Å². The number of aromatic hydroxyl groups is 1. The Morgan fingerprint density at radius 2 is 1.78 bits per heavy atom. The molecule has 94 valence electrons. The maximum Gasteiger partial charge on any atom is 0.230 e. The number of hydrogen-bond acceptors (Lipinski definition) is 6. The van der Waals surface area contributed by atoms with Gasteiger partial charge >= 0.3 is 0 Å². The molecule has 6 nitrogen and oxygen atoms in total. The highest BCUT2D eigenvalue weighted by Crippen LogP contribution is 2.43. The van der Waals surface area contributed by atoms with Crippen LogP contribution in [0.5, 0.6) is 17.2 Å². The first-order valence-corrected chi connectivity index (χ1v) is 5.10. The monoisotopic (exact) mass is 250 g/mol. The standard InChI is InChI=1S/C12H10O6/c1-17-8-3-5-9(11(16)12(8)18-2)6(13)4-7(14)10(5)15/h3,16H,4H2,1-2H3. The van der Waals surface area contributed by atoms with Gasteiger partial charge in [0.15, 0.2) is 17.3 Å². The second kappa shape index (κ2) is 4.14. The lowest BCUT2D eigenvalue weighted by atomic mass is 9.87. The summed E-state index contributed by atoms with van der Waals surface area (Å²) < 4.78 is 9.86. The number of phenols is 1. The van der Waals surface area contributed by atoms with E-state index in [1.54, 1.807) is 0 Å². The summed E-state index contributed by atoms with van der Waals surface area (Å²) in [4.78, 5) is 34.7. The number of fused-ring (bicyclic) bond motifs is 1. The second-order valence-electron chi connectivity index (χ2n) is 3.74. The Bertz CT molecular complexity index is 572. The van der Waals surface area contributed by atoms with Gasteiger partial charge in [0.2, 0.25) is 17.3 Å². The van der Waals surface area contributed by atoms with E-state index < -0.39 is 29.5 Å². The van der Waals surface area contributed by atoms with Crippen LogP contribution >= 0.6 is 0 Å². The fourth-order valence-corrected chi connectivity index (χ4v) is 1.90. The molecule has 6 heteroatoms. The van der Waals surface area contributed by atoms with Crippen LogP contribution in [0.25, 0.3) is 0 Å². The molecule has 1 aromatic rings. The predicted octanol–water partition coefficient (Wildman–Crippen LogP) is 0.748. The summed E-state index contributed by atoms with van der Waals surface area (Å²) >= 11 is 0. The molecule has 0 amide bonds. The minimum absolute atomic E-state index is 0.0354. The maximum atomic E-state index is 11.7. The predicted molar refractivity (Wildman–Crippen MR) is 59.5 cm³/mol. The smallest absolute Gasteiger partial charge is 0.230 e. The van der Waals surface area contributed by atoms with Gasteiger partial charge in [-0.05, 0) is 6.07 Å². The van der Waals surface area contributed by atoms with Gasteiger partial charge < -0.3 is 14.6 Å². The fraction of sp³-hybridized carbons (Fsp3) is 0.250. The molecule has 18 heavy (non-hydrogen) atoms. The van der Waals surface area contributed by atoms with Gasteiger partial charge in [0.1, 0.15) is 0 Å². The topological polar surface area (TPSA) is 89.9 Å². The molecule has 0 radical (unpaired) electrons. The number of methoxy groups -OCH3 is 2. The van der Waals surface area contributed by atoms with Gasteiger partial charge in [0.05, 0.1) is 26.2 Å². The van der Waals surface area contributed by atoms with Crippen molar-refractivity contribution >= 4 is 17.3 Å².